The molecular weight excluding hydrogens is 591 g/mol. The lowest BCUT2D eigenvalue weighted by atomic mass is 10.1. The second-order valence-corrected chi connectivity index (χ2v) is 11.7. The fraction of sp³-hybridized carbons (Fsp3) is 0.312. The van der Waals surface area contributed by atoms with E-state index < -0.39 is 5.82 Å². The monoisotopic (exact) mass is 624 g/mol. The molecule has 46 heavy (non-hydrogen) atoms. The number of nitrogens with one attached hydrogen (secondary N) is 1. The molecule has 1 fully saturated rings. The van der Waals surface area contributed by atoms with Crippen LogP contribution in [0.4, 0.5) is 21.7 Å². The molecule has 2 bridgehead atoms. The summed E-state index contributed by atoms with van der Waals surface area (Å²) >= 11 is 0. The molecule has 2 atom stereocenters. The molecule has 1 amide bonds. The predicted octanol–water partition coefficient (Wildman–Crippen LogP) is 3.97. The van der Waals surface area contributed by atoms with Crippen LogP contribution in [0.3, 0.4) is 0 Å². The van der Waals surface area contributed by atoms with Gasteiger partial charge in [-0.15, -0.1) is 0 Å². The third kappa shape index (κ3) is 5.62. The maximum absolute atomic E-state index is 15.5. The third-order valence-corrected chi connectivity index (χ3v) is 8.38. The predicted molar refractivity (Wildman–Crippen MR) is 170 cm³/mol. The zero-order valence-corrected chi connectivity index (χ0v) is 25.9. The molecule has 0 saturated carbocycles. The molecule has 5 aromatic rings. The summed E-state index contributed by atoms with van der Waals surface area (Å²) in [7, 11) is 3.95. The first kappa shape index (κ1) is 29.3. The standard InChI is InChI=1S/C32H33FN10O3/c1-19-11-24(23(33)13-26(19)46-22-7-8-43-28(12-22)35-18-37-43)38-31-30-25(34-17-36-31)14-27-32(39-30)41-9-10-42(21(15-41)16-45-27)29(44)6-5-20(2)40(3)4/h5-8,11-14,17-18,20-21H,9-10,15-16H2,1-4H3,(H,34,36,38)/b6-5+/t20-,21-/m1/s1. The first-order chi connectivity index (χ1) is 22.2. The highest BCUT2D eigenvalue weighted by molar-refractivity contribution is 5.91. The number of halogens is 1. The fourth-order valence-corrected chi connectivity index (χ4v) is 5.52. The van der Waals surface area contributed by atoms with E-state index in [0.29, 0.717) is 77.4 Å². The van der Waals surface area contributed by atoms with Crippen molar-refractivity contribution in [3.63, 3.8) is 0 Å². The van der Waals surface area contributed by atoms with Crippen molar-refractivity contribution in [3.05, 3.63) is 72.7 Å². The Morgan fingerprint density at radius 3 is 2.89 bits per heavy atom. The van der Waals surface area contributed by atoms with Gasteiger partial charge < -0.3 is 29.5 Å². The average Bonchev–Trinajstić information content (AvgIpc) is 3.47. The van der Waals surface area contributed by atoms with E-state index in [1.165, 1.54) is 18.7 Å². The van der Waals surface area contributed by atoms with Gasteiger partial charge in [0.15, 0.2) is 23.0 Å². The van der Waals surface area contributed by atoms with E-state index in [2.05, 4.69) is 30.3 Å². The summed E-state index contributed by atoms with van der Waals surface area (Å²) in [5.41, 5.74) is 2.57. The normalized spacial score (nSPS) is 16.9. The lowest BCUT2D eigenvalue weighted by molar-refractivity contribution is -0.129. The van der Waals surface area contributed by atoms with Crippen LogP contribution in [0.2, 0.25) is 0 Å². The van der Waals surface area contributed by atoms with Crippen molar-refractivity contribution in [3.8, 4) is 17.2 Å². The Kier molecular flexibility index (Phi) is 7.56. The Morgan fingerprint density at radius 1 is 1.17 bits per heavy atom. The van der Waals surface area contributed by atoms with Crippen LogP contribution in [-0.4, -0.2) is 97.7 Å². The van der Waals surface area contributed by atoms with Crippen molar-refractivity contribution >= 4 is 39.9 Å². The minimum absolute atomic E-state index is 0.0338. The van der Waals surface area contributed by atoms with Gasteiger partial charge in [0, 0.05) is 56.1 Å². The first-order valence-corrected chi connectivity index (χ1v) is 15.0. The number of anilines is 3. The Labute approximate surface area is 264 Å². The third-order valence-electron chi connectivity index (χ3n) is 8.38. The quantitative estimate of drug-likeness (QED) is 0.265. The summed E-state index contributed by atoms with van der Waals surface area (Å²) < 4.78 is 29.2. The molecule has 1 aromatic carbocycles. The highest BCUT2D eigenvalue weighted by Crippen LogP contribution is 2.37. The van der Waals surface area contributed by atoms with Gasteiger partial charge >= 0.3 is 0 Å². The van der Waals surface area contributed by atoms with Crippen molar-refractivity contribution in [1.82, 2.24) is 39.3 Å². The summed E-state index contributed by atoms with van der Waals surface area (Å²) in [4.78, 5) is 37.0. The summed E-state index contributed by atoms with van der Waals surface area (Å²) in [5.74, 6) is 1.91. The van der Waals surface area contributed by atoms with Gasteiger partial charge in [-0.2, -0.15) is 5.10 Å². The lowest BCUT2D eigenvalue weighted by Crippen LogP contribution is -2.56. The number of carbonyl (C=O) groups is 1. The number of ether oxygens (including phenoxy) is 2. The molecule has 0 unspecified atom stereocenters. The van der Waals surface area contributed by atoms with Crippen LogP contribution >= 0.6 is 0 Å². The van der Waals surface area contributed by atoms with Crippen molar-refractivity contribution in [1.29, 1.82) is 0 Å². The minimum atomic E-state index is -0.522. The van der Waals surface area contributed by atoms with Crippen LogP contribution in [-0.2, 0) is 4.79 Å². The van der Waals surface area contributed by atoms with Crippen molar-refractivity contribution in [2.45, 2.75) is 25.9 Å². The zero-order chi connectivity index (χ0) is 31.9. The molecule has 236 valence electrons. The van der Waals surface area contributed by atoms with Gasteiger partial charge in [0.05, 0.1) is 17.2 Å². The van der Waals surface area contributed by atoms with E-state index in [1.807, 2.05) is 49.9 Å². The van der Waals surface area contributed by atoms with E-state index in [1.54, 1.807) is 35.0 Å². The minimum Gasteiger partial charge on any atom is -0.487 e. The molecule has 13 nitrogen and oxygen atoms in total. The van der Waals surface area contributed by atoms with Crippen molar-refractivity contribution in [2.24, 2.45) is 0 Å². The van der Waals surface area contributed by atoms with Crippen LogP contribution in [0, 0.1) is 12.7 Å². The van der Waals surface area contributed by atoms with Crippen molar-refractivity contribution < 1.29 is 18.7 Å². The number of hydrogen-bond donors (Lipinski definition) is 1. The maximum atomic E-state index is 15.5. The number of pyridine rings is 2. The van der Waals surface area contributed by atoms with Crippen LogP contribution < -0.4 is 19.7 Å². The summed E-state index contributed by atoms with van der Waals surface area (Å²) in [6.45, 7) is 5.91. The number of nitrogens with zero attached hydrogens (tertiary/aromatic N) is 9. The number of carbonyl (C=O) groups excluding carboxylic acids is 1. The number of hydrogen-bond acceptors (Lipinski definition) is 11. The highest BCUT2D eigenvalue weighted by Gasteiger charge is 2.35. The number of piperazine rings is 1. The molecule has 0 aliphatic carbocycles. The molecule has 14 heteroatoms. The molecule has 7 rings (SSSR count). The van der Waals surface area contributed by atoms with E-state index in [9.17, 15) is 4.79 Å². The maximum Gasteiger partial charge on any atom is 0.246 e. The topological polar surface area (TPSA) is 126 Å². The van der Waals surface area contributed by atoms with Gasteiger partial charge in [0.1, 0.15) is 42.1 Å². The summed E-state index contributed by atoms with van der Waals surface area (Å²) in [5, 5.41) is 7.19. The number of rotatable bonds is 7. The highest BCUT2D eigenvalue weighted by atomic mass is 19.1. The number of benzene rings is 1. The Morgan fingerprint density at radius 2 is 2.04 bits per heavy atom. The number of aryl methyl sites for hydroxylation is 1. The molecule has 2 aliphatic heterocycles. The zero-order valence-electron chi connectivity index (χ0n) is 25.9. The molecule has 6 heterocycles. The Bertz CT molecular complexity index is 1980. The second-order valence-electron chi connectivity index (χ2n) is 11.7. The number of aromatic nitrogens is 6. The second kappa shape index (κ2) is 11.9. The van der Waals surface area contributed by atoms with E-state index in [-0.39, 0.29) is 23.7 Å². The number of likely N-dealkylation sites (N-methyl/N-ethyl adjacent to an activating group) is 1. The molecule has 0 spiro atoms. The Hall–Kier alpha value is -5.37. The average molecular weight is 625 g/mol. The van der Waals surface area contributed by atoms with E-state index in [0.717, 1.165) is 0 Å². The van der Waals surface area contributed by atoms with E-state index in [4.69, 9.17) is 14.5 Å². The van der Waals surface area contributed by atoms with Gasteiger partial charge in [0.25, 0.3) is 0 Å². The lowest BCUT2D eigenvalue weighted by Gasteiger charge is -2.39. The van der Waals surface area contributed by atoms with Crippen LogP contribution in [0.25, 0.3) is 16.7 Å². The van der Waals surface area contributed by atoms with Gasteiger partial charge in [-0.3, -0.25) is 4.79 Å². The Balaban J connectivity index is 1.12. The molecule has 1 saturated heterocycles. The SMILES string of the molecule is Cc1cc(Nc2ncnc3cc4c(nc23)N2CCN(C(=O)/C=C/[C@@H](C)N(C)C)[C@@H](CO4)C2)c(F)cc1Oc1ccn2ncnc2c1. The van der Waals surface area contributed by atoms with Crippen LogP contribution in [0.5, 0.6) is 17.2 Å². The molecule has 2 aliphatic rings. The summed E-state index contributed by atoms with van der Waals surface area (Å²) in [6, 6.07) is 8.28. The molecular formula is C32H33FN10O3. The van der Waals surface area contributed by atoms with E-state index >= 15 is 4.39 Å². The fourth-order valence-electron chi connectivity index (χ4n) is 5.52. The first-order valence-electron chi connectivity index (χ1n) is 15.0. The van der Waals surface area contributed by atoms with Gasteiger partial charge in [-0.25, -0.2) is 28.8 Å². The van der Waals surface area contributed by atoms with Crippen LogP contribution in [0.15, 0.2) is 61.3 Å². The van der Waals surface area contributed by atoms with Crippen molar-refractivity contribution in [2.75, 3.05) is 50.6 Å². The number of fused-ring (bicyclic) bond motifs is 6. The molecule has 0 radical (unpaired) electrons. The molecule has 4 aromatic heterocycles. The summed E-state index contributed by atoms with van der Waals surface area (Å²) in [6.07, 6.45) is 8.14. The number of amides is 1. The van der Waals surface area contributed by atoms with Gasteiger partial charge in [-0.05, 0) is 45.6 Å². The smallest absolute Gasteiger partial charge is 0.246 e. The van der Waals surface area contributed by atoms with Crippen LogP contribution in [0.1, 0.15) is 12.5 Å². The molecule has 1 N–H and O–H groups in total. The van der Waals surface area contributed by atoms with Gasteiger partial charge in [0.2, 0.25) is 5.91 Å². The van der Waals surface area contributed by atoms with Gasteiger partial charge in [-0.1, -0.05) is 6.08 Å². The largest absolute Gasteiger partial charge is 0.487 e.